The first-order chi connectivity index (χ1) is 7.24. The van der Waals surface area contributed by atoms with Gasteiger partial charge in [0.2, 0.25) is 0 Å². The predicted molar refractivity (Wildman–Crippen MR) is 65.1 cm³/mol. The van der Waals surface area contributed by atoms with E-state index in [0.717, 1.165) is 19.1 Å². The Labute approximate surface area is 94.8 Å². The van der Waals surface area contributed by atoms with Crippen LogP contribution >= 0.6 is 0 Å². The van der Waals surface area contributed by atoms with Crippen molar-refractivity contribution < 1.29 is 4.74 Å². The van der Waals surface area contributed by atoms with Crippen molar-refractivity contribution in [2.24, 2.45) is 11.8 Å². The number of likely N-dealkylation sites (N-methyl/N-ethyl adjacent to an activating group) is 1. The highest BCUT2D eigenvalue weighted by molar-refractivity contribution is 4.92. The van der Waals surface area contributed by atoms with E-state index in [-0.39, 0.29) is 0 Å². The fourth-order valence-electron chi connectivity index (χ4n) is 2.28. The molecule has 0 aromatic heterocycles. The molecule has 0 bridgehead atoms. The van der Waals surface area contributed by atoms with Crippen molar-refractivity contribution in [3.8, 4) is 0 Å². The quantitative estimate of drug-likeness (QED) is 0.669. The van der Waals surface area contributed by atoms with E-state index in [0.29, 0.717) is 18.1 Å². The van der Waals surface area contributed by atoms with Gasteiger partial charge in [-0.2, -0.15) is 0 Å². The summed E-state index contributed by atoms with van der Waals surface area (Å²) in [6, 6.07) is 0.549. The third-order valence-corrected chi connectivity index (χ3v) is 3.50. The molecule has 1 aliphatic rings. The summed E-state index contributed by atoms with van der Waals surface area (Å²) >= 11 is 0. The highest BCUT2D eigenvalue weighted by atomic mass is 16.5. The molecule has 0 aromatic carbocycles. The van der Waals surface area contributed by atoms with Crippen molar-refractivity contribution >= 4 is 0 Å². The van der Waals surface area contributed by atoms with E-state index < -0.39 is 0 Å². The molecule has 1 rings (SSSR count). The van der Waals surface area contributed by atoms with Crippen LogP contribution in [0.3, 0.4) is 0 Å². The van der Waals surface area contributed by atoms with Gasteiger partial charge in [-0.25, -0.2) is 0 Å². The Morgan fingerprint density at radius 2 is 1.93 bits per heavy atom. The van der Waals surface area contributed by atoms with Gasteiger partial charge in [-0.1, -0.05) is 27.2 Å². The summed E-state index contributed by atoms with van der Waals surface area (Å²) in [4.78, 5) is 0. The molecule has 3 unspecified atom stereocenters. The largest absolute Gasteiger partial charge is 0.377 e. The maximum Gasteiger partial charge on any atom is 0.0758 e. The minimum Gasteiger partial charge on any atom is -0.377 e. The molecule has 1 N–H and O–H groups in total. The zero-order chi connectivity index (χ0) is 11.3. The predicted octanol–water partition coefficient (Wildman–Crippen LogP) is 2.83. The average Bonchev–Trinajstić information content (AvgIpc) is 3.06. The molecule has 0 saturated heterocycles. The first-order valence-corrected chi connectivity index (χ1v) is 6.59. The van der Waals surface area contributed by atoms with Crippen molar-refractivity contribution in [3.05, 3.63) is 0 Å². The zero-order valence-electron chi connectivity index (χ0n) is 10.8. The second kappa shape index (κ2) is 6.49. The molecule has 0 aromatic rings. The summed E-state index contributed by atoms with van der Waals surface area (Å²) < 4.78 is 5.94. The molecule has 1 saturated carbocycles. The smallest absolute Gasteiger partial charge is 0.0758 e. The van der Waals surface area contributed by atoms with Crippen LogP contribution in [0.4, 0.5) is 0 Å². The van der Waals surface area contributed by atoms with E-state index in [2.05, 4.69) is 33.0 Å². The van der Waals surface area contributed by atoms with Crippen molar-refractivity contribution in [1.29, 1.82) is 0 Å². The van der Waals surface area contributed by atoms with E-state index in [9.17, 15) is 0 Å². The summed E-state index contributed by atoms with van der Waals surface area (Å²) in [5, 5.41) is 3.61. The van der Waals surface area contributed by atoms with Gasteiger partial charge in [-0.15, -0.1) is 0 Å². The van der Waals surface area contributed by atoms with Crippen LogP contribution in [0.1, 0.15) is 47.0 Å². The molecule has 0 heterocycles. The molecule has 1 fully saturated rings. The summed E-state index contributed by atoms with van der Waals surface area (Å²) in [5.74, 6) is 1.53. The topological polar surface area (TPSA) is 21.3 Å². The van der Waals surface area contributed by atoms with Gasteiger partial charge in [-0.3, -0.25) is 0 Å². The van der Waals surface area contributed by atoms with Crippen LogP contribution in [0, 0.1) is 11.8 Å². The number of rotatable bonds is 8. The number of nitrogens with one attached hydrogen (secondary N) is 1. The lowest BCUT2D eigenvalue weighted by atomic mass is 9.91. The Hall–Kier alpha value is -0.0800. The summed E-state index contributed by atoms with van der Waals surface area (Å²) in [6.07, 6.45) is 4.41. The van der Waals surface area contributed by atoms with E-state index in [1.807, 2.05) is 0 Å². The van der Waals surface area contributed by atoms with Gasteiger partial charge < -0.3 is 10.1 Å². The second-order valence-electron chi connectivity index (χ2n) is 4.73. The third-order valence-electron chi connectivity index (χ3n) is 3.50. The lowest BCUT2D eigenvalue weighted by molar-refractivity contribution is 0.00497. The molecule has 2 heteroatoms. The van der Waals surface area contributed by atoms with Gasteiger partial charge >= 0.3 is 0 Å². The van der Waals surface area contributed by atoms with Crippen LogP contribution in [-0.2, 0) is 4.74 Å². The number of ether oxygens (including phenoxy) is 1. The molecule has 2 nitrogen and oxygen atoms in total. The summed E-state index contributed by atoms with van der Waals surface area (Å²) in [5.41, 5.74) is 0. The maximum absolute atomic E-state index is 5.94. The van der Waals surface area contributed by atoms with Crippen LogP contribution in [0.2, 0.25) is 0 Å². The Kier molecular flexibility index (Phi) is 5.62. The number of hydrogen-bond acceptors (Lipinski definition) is 2. The summed E-state index contributed by atoms with van der Waals surface area (Å²) in [7, 11) is 0. The van der Waals surface area contributed by atoms with E-state index in [1.54, 1.807) is 0 Å². The third kappa shape index (κ3) is 3.76. The Morgan fingerprint density at radius 1 is 1.27 bits per heavy atom. The highest BCUT2D eigenvalue weighted by Crippen LogP contribution is 2.37. The highest BCUT2D eigenvalue weighted by Gasteiger charge is 2.38. The number of hydrogen-bond donors (Lipinski definition) is 1. The van der Waals surface area contributed by atoms with Crippen LogP contribution in [0.5, 0.6) is 0 Å². The lowest BCUT2D eigenvalue weighted by Gasteiger charge is -2.32. The van der Waals surface area contributed by atoms with Gasteiger partial charge in [0.05, 0.1) is 6.10 Å². The summed E-state index contributed by atoms with van der Waals surface area (Å²) in [6.45, 7) is 10.8. The lowest BCUT2D eigenvalue weighted by Crippen LogP contribution is -2.46. The average molecular weight is 213 g/mol. The van der Waals surface area contributed by atoms with E-state index in [1.165, 1.54) is 19.3 Å². The van der Waals surface area contributed by atoms with Gasteiger partial charge in [-0.05, 0) is 38.1 Å². The first-order valence-electron chi connectivity index (χ1n) is 6.59. The van der Waals surface area contributed by atoms with Crippen LogP contribution in [0.25, 0.3) is 0 Å². The molecule has 90 valence electrons. The first kappa shape index (κ1) is 13.0. The molecular weight excluding hydrogens is 186 g/mol. The fourth-order valence-corrected chi connectivity index (χ4v) is 2.28. The van der Waals surface area contributed by atoms with Crippen molar-refractivity contribution in [2.45, 2.75) is 59.1 Å². The monoisotopic (exact) mass is 213 g/mol. The molecule has 0 spiro atoms. The zero-order valence-corrected chi connectivity index (χ0v) is 10.8. The Balaban J connectivity index is 2.55. The normalized spacial score (nSPS) is 22.4. The standard InChI is InChI=1S/C13H27NO/c1-5-10(4)12(14-6-2)13(15-7-3)11-8-9-11/h10-14H,5-9H2,1-4H3. The molecule has 3 atom stereocenters. The van der Waals surface area contributed by atoms with Crippen LogP contribution in [-0.4, -0.2) is 25.3 Å². The molecule has 0 amide bonds. The SMILES string of the molecule is CCNC(C(C)CC)C(OCC)C1CC1. The van der Waals surface area contributed by atoms with Crippen molar-refractivity contribution in [2.75, 3.05) is 13.2 Å². The van der Waals surface area contributed by atoms with Crippen molar-refractivity contribution in [1.82, 2.24) is 5.32 Å². The molecule has 0 radical (unpaired) electrons. The molecule has 0 aliphatic heterocycles. The molecule has 1 aliphatic carbocycles. The van der Waals surface area contributed by atoms with Crippen LogP contribution in [0.15, 0.2) is 0 Å². The Bertz CT molecular complexity index is 168. The Morgan fingerprint density at radius 3 is 2.33 bits per heavy atom. The minimum absolute atomic E-state index is 0.449. The fraction of sp³-hybridized carbons (Fsp3) is 1.00. The molecular formula is C13H27NO. The van der Waals surface area contributed by atoms with Gasteiger partial charge in [0, 0.05) is 12.6 Å². The van der Waals surface area contributed by atoms with Gasteiger partial charge in [0.15, 0.2) is 0 Å². The van der Waals surface area contributed by atoms with E-state index >= 15 is 0 Å². The van der Waals surface area contributed by atoms with Gasteiger partial charge in [0.25, 0.3) is 0 Å². The second-order valence-corrected chi connectivity index (χ2v) is 4.73. The van der Waals surface area contributed by atoms with Crippen LogP contribution < -0.4 is 5.32 Å². The van der Waals surface area contributed by atoms with Gasteiger partial charge in [0.1, 0.15) is 0 Å². The maximum atomic E-state index is 5.94. The molecule has 15 heavy (non-hydrogen) atoms. The minimum atomic E-state index is 0.449. The van der Waals surface area contributed by atoms with E-state index in [4.69, 9.17) is 4.74 Å². The van der Waals surface area contributed by atoms with Crippen molar-refractivity contribution in [3.63, 3.8) is 0 Å².